The smallest absolute Gasteiger partial charge is 0.409 e. The van der Waals surface area contributed by atoms with Gasteiger partial charge in [-0.1, -0.05) is 24.3 Å². The van der Waals surface area contributed by atoms with Crippen LogP contribution in [0.4, 0.5) is 26.5 Å². The summed E-state index contributed by atoms with van der Waals surface area (Å²) in [6.07, 6.45) is 4.62. The maximum absolute atomic E-state index is 14.6. The number of piperidine rings is 1. The molecule has 0 unspecified atom stereocenters. The van der Waals surface area contributed by atoms with Gasteiger partial charge < -0.3 is 29.5 Å². The summed E-state index contributed by atoms with van der Waals surface area (Å²) >= 11 is 0. The van der Waals surface area contributed by atoms with Gasteiger partial charge in [-0.3, -0.25) is 4.79 Å². The van der Waals surface area contributed by atoms with E-state index in [2.05, 4.69) is 20.2 Å². The predicted octanol–water partition coefficient (Wildman–Crippen LogP) is 6.08. The first-order chi connectivity index (χ1) is 21.5. The zero-order chi connectivity index (χ0) is 30.5. The van der Waals surface area contributed by atoms with Gasteiger partial charge in [0.05, 0.1) is 6.61 Å². The first-order valence-corrected chi connectivity index (χ1v) is 15.0. The first kappa shape index (κ1) is 29.2. The van der Waals surface area contributed by atoms with Gasteiger partial charge in [-0.2, -0.15) is 4.98 Å². The van der Waals surface area contributed by atoms with Crippen LogP contribution in [0.25, 0.3) is 10.8 Å². The minimum absolute atomic E-state index is 0.270. The monoisotopic (exact) mass is 598 g/mol. The lowest BCUT2D eigenvalue weighted by Crippen LogP contribution is -2.49. The molecule has 44 heavy (non-hydrogen) atoms. The van der Waals surface area contributed by atoms with Crippen LogP contribution in [0, 0.1) is 5.82 Å². The second-order valence-corrected chi connectivity index (χ2v) is 10.8. The molecule has 0 bridgehead atoms. The lowest BCUT2D eigenvalue weighted by molar-refractivity contribution is 0.102. The molecule has 2 aliphatic heterocycles. The number of aromatic nitrogens is 2. The Morgan fingerprint density at radius 3 is 2.43 bits per heavy atom. The molecular formula is C33H35FN6O4. The molecule has 0 saturated carbocycles. The number of carbonyl (C=O) groups is 2. The fourth-order valence-corrected chi connectivity index (χ4v) is 5.66. The molecule has 11 heteroatoms. The lowest BCUT2D eigenvalue weighted by atomic mass is 10.1. The molecule has 2 saturated heterocycles. The van der Waals surface area contributed by atoms with Crippen molar-refractivity contribution in [3.8, 4) is 11.6 Å². The van der Waals surface area contributed by atoms with Crippen molar-refractivity contribution in [1.82, 2.24) is 14.9 Å². The molecular weight excluding hydrogens is 563 g/mol. The van der Waals surface area contributed by atoms with Crippen molar-refractivity contribution in [1.29, 1.82) is 0 Å². The van der Waals surface area contributed by atoms with Crippen LogP contribution in [-0.2, 0) is 4.74 Å². The predicted molar refractivity (Wildman–Crippen MR) is 167 cm³/mol. The SMILES string of the molecule is CCOC(=O)N1CCN(c2nccc(Oc3ccc(NC(=O)c4cc(F)cc(N5CCCCC5)c4)c4ccccc34)n2)CC1. The standard InChI is InChI=1S/C33H35FN6O4/c1-2-43-33(42)40-18-16-39(17-19-40)32-35-13-12-30(37-32)44-29-11-10-28(26-8-4-5-9-27(26)29)36-31(41)23-20-24(34)22-25(21-23)38-14-6-3-7-15-38/h4-5,8-13,20-22H,2-3,6-7,14-19H2,1H3,(H,36,41). The lowest BCUT2D eigenvalue weighted by Gasteiger charge is -2.34. The number of carbonyl (C=O) groups excluding carboxylic acids is 2. The number of anilines is 3. The molecule has 2 fully saturated rings. The van der Waals surface area contributed by atoms with Crippen LogP contribution in [-0.4, -0.2) is 72.7 Å². The van der Waals surface area contributed by atoms with E-state index in [-0.39, 0.29) is 17.6 Å². The second-order valence-electron chi connectivity index (χ2n) is 10.8. The molecule has 0 radical (unpaired) electrons. The highest BCUT2D eigenvalue weighted by Gasteiger charge is 2.24. The molecule has 2 aliphatic rings. The molecule has 1 aromatic heterocycles. The third-order valence-electron chi connectivity index (χ3n) is 7.92. The summed E-state index contributed by atoms with van der Waals surface area (Å²) in [5.74, 6) is 0.628. The minimum atomic E-state index is -0.433. The van der Waals surface area contributed by atoms with Gasteiger partial charge in [0.2, 0.25) is 11.8 Å². The summed E-state index contributed by atoms with van der Waals surface area (Å²) in [5.41, 5.74) is 1.59. The summed E-state index contributed by atoms with van der Waals surface area (Å²) in [4.78, 5) is 40.2. The van der Waals surface area contributed by atoms with Crippen LogP contribution in [0.3, 0.4) is 0 Å². The molecule has 10 nitrogen and oxygen atoms in total. The number of hydrogen-bond acceptors (Lipinski definition) is 8. The van der Waals surface area contributed by atoms with Crippen LogP contribution in [0.15, 0.2) is 66.9 Å². The van der Waals surface area contributed by atoms with E-state index in [0.717, 1.165) is 42.4 Å². The Bertz CT molecular complexity index is 1650. The van der Waals surface area contributed by atoms with Crippen LogP contribution in [0.1, 0.15) is 36.5 Å². The Kier molecular flexibility index (Phi) is 8.71. The van der Waals surface area contributed by atoms with Crippen LogP contribution in [0.5, 0.6) is 11.6 Å². The van der Waals surface area contributed by atoms with Crippen molar-refractivity contribution < 1.29 is 23.5 Å². The number of rotatable bonds is 7. The number of piperazine rings is 1. The molecule has 228 valence electrons. The number of hydrogen-bond donors (Lipinski definition) is 1. The summed E-state index contributed by atoms with van der Waals surface area (Å²) in [7, 11) is 0. The summed E-state index contributed by atoms with van der Waals surface area (Å²) < 4.78 is 25.9. The van der Waals surface area contributed by atoms with Gasteiger partial charge in [-0.25, -0.2) is 14.2 Å². The van der Waals surface area contributed by atoms with E-state index in [1.165, 1.54) is 18.6 Å². The van der Waals surface area contributed by atoms with Crippen molar-refractivity contribution in [2.24, 2.45) is 0 Å². The van der Waals surface area contributed by atoms with Crippen molar-refractivity contribution in [2.75, 3.05) is 61.0 Å². The molecule has 3 heterocycles. The highest BCUT2D eigenvalue weighted by atomic mass is 19.1. The van der Waals surface area contributed by atoms with E-state index in [9.17, 15) is 14.0 Å². The number of nitrogens with zero attached hydrogens (tertiary/aromatic N) is 5. The van der Waals surface area contributed by atoms with E-state index < -0.39 is 5.82 Å². The van der Waals surface area contributed by atoms with Gasteiger partial charge in [-0.15, -0.1) is 0 Å². The van der Waals surface area contributed by atoms with Crippen molar-refractivity contribution >= 4 is 40.1 Å². The van der Waals surface area contributed by atoms with Gasteiger partial charge in [-0.05, 0) is 56.5 Å². The molecule has 3 aromatic carbocycles. The number of benzene rings is 3. The molecule has 4 aromatic rings. The molecule has 6 rings (SSSR count). The topological polar surface area (TPSA) is 100 Å². The van der Waals surface area contributed by atoms with Gasteiger partial charge in [0.1, 0.15) is 11.6 Å². The van der Waals surface area contributed by atoms with E-state index in [4.69, 9.17) is 9.47 Å². The fraction of sp³-hybridized carbons (Fsp3) is 0.333. The number of fused-ring (bicyclic) bond motifs is 1. The Labute approximate surface area is 255 Å². The molecule has 0 spiro atoms. The minimum Gasteiger partial charge on any atom is -0.450 e. The Morgan fingerprint density at radius 1 is 0.886 bits per heavy atom. The Morgan fingerprint density at radius 2 is 1.66 bits per heavy atom. The quantitative estimate of drug-likeness (QED) is 0.273. The number of ether oxygens (including phenoxy) is 2. The van der Waals surface area contributed by atoms with Crippen LogP contribution < -0.4 is 19.9 Å². The molecule has 0 atom stereocenters. The van der Waals surface area contributed by atoms with E-state index in [1.807, 2.05) is 29.2 Å². The fourth-order valence-electron chi connectivity index (χ4n) is 5.66. The Balaban J connectivity index is 1.18. The van der Waals surface area contributed by atoms with Gasteiger partial charge in [0.25, 0.3) is 5.91 Å². The highest BCUT2D eigenvalue weighted by molar-refractivity contribution is 6.10. The molecule has 1 N–H and O–H groups in total. The molecule has 0 aliphatic carbocycles. The second kappa shape index (κ2) is 13.2. The Hall–Kier alpha value is -4.93. The summed E-state index contributed by atoms with van der Waals surface area (Å²) in [6.45, 7) is 6.03. The maximum atomic E-state index is 14.6. The molecule has 2 amide bonds. The van der Waals surface area contributed by atoms with Crippen LogP contribution in [0.2, 0.25) is 0 Å². The first-order valence-electron chi connectivity index (χ1n) is 15.0. The third-order valence-corrected chi connectivity index (χ3v) is 7.92. The number of amides is 2. The highest BCUT2D eigenvalue weighted by Crippen LogP contribution is 2.35. The maximum Gasteiger partial charge on any atom is 0.409 e. The van der Waals surface area contributed by atoms with E-state index in [0.29, 0.717) is 56.1 Å². The van der Waals surface area contributed by atoms with Gasteiger partial charge in [0.15, 0.2) is 0 Å². The largest absolute Gasteiger partial charge is 0.450 e. The summed E-state index contributed by atoms with van der Waals surface area (Å²) in [5, 5.41) is 4.53. The third kappa shape index (κ3) is 6.51. The van der Waals surface area contributed by atoms with E-state index in [1.54, 1.807) is 42.3 Å². The van der Waals surface area contributed by atoms with Crippen LogP contribution >= 0.6 is 0 Å². The normalized spacial score (nSPS) is 15.3. The van der Waals surface area contributed by atoms with Gasteiger partial charge >= 0.3 is 6.09 Å². The van der Waals surface area contributed by atoms with Gasteiger partial charge in [0, 0.05) is 79.2 Å². The van der Waals surface area contributed by atoms with Crippen molar-refractivity contribution in [3.63, 3.8) is 0 Å². The zero-order valence-corrected chi connectivity index (χ0v) is 24.7. The zero-order valence-electron chi connectivity index (χ0n) is 24.7. The summed E-state index contributed by atoms with van der Waals surface area (Å²) in [6, 6.07) is 17.4. The number of nitrogens with one attached hydrogen (secondary N) is 1. The average Bonchev–Trinajstić information content (AvgIpc) is 3.06. The van der Waals surface area contributed by atoms with Crippen molar-refractivity contribution in [2.45, 2.75) is 26.2 Å². The van der Waals surface area contributed by atoms with E-state index >= 15 is 0 Å². The van der Waals surface area contributed by atoms with Crippen molar-refractivity contribution in [3.05, 3.63) is 78.2 Å². The number of halogens is 1. The average molecular weight is 599 g/mol.